The molecule has 2 N–H and O–H groups in total. The molecule has 0 aliphatic carbocycles. The van der Waals surface area contributed by atoms with E-state index in [9.17, 15) is 4.79 Å². The molecule has 3 aromatic heterocycles. The molecule has 0 radical (unpaired) electrons. The van der Waals surface area contributed by atoms with Gasteiger partial charge in [0.05, 0.1) is 6.20 Å². The van der Waals surface area contributed by atoms with Crippen LogP contribution in [0.15, 0.2) is 36.8 Å². The van der Waals surface area contributed by atoms with E-state index in [2.05, 4.69) is 20.7 Å². The van der Waals surface area contributed by atoms with Crippen LogP contribution in [-0.4, -0.2) is 31.6 Å². The minimum atomic E-state index is -0.153. The molecule has 4 heterocycles. The number of hydrogen-bond donors (Lipinski definition) is 2. The zero-order valence-electron chi connectivity index (χ0n) is 13.6. The summed E-state index contributed by atoms with van der Waals surface area (Å²) in [6.07, 6.45) is 8.65. The fourth-order valence-electron chi connectivity index (χ4n) is 3.31. The number of piperidine rings is 1. The molecule has 1 fully saturated rings. The number of carbonyl (C=O) groups excluding carboxylic acids is 1. The molecule has 124 valence electrons. The Hall–Kier alpha value is -2.67. The SMILES string of the molecule is Cn1c(C(=O)Nc2cnn3cccnc23)ccc1C1CCCCN1. The second kappa shape index (κ2) is 6.09. The van der Waals surface area contributed by atoms with Crippen molar-refractivity contribution < 1.29 is 4.79 Å². The average Bonchev–Trinajstić information content (AvgIpc) is 3.20. The third-order valence-electron chi connectivity index (χ3n) is 4.59. The molecule has 0 aromatic carbocycles. The lowest BCUT2D eigenvalue weighted by Crippen LogP contribution is -2.28. The van der Waals surface area contributed by atoms with Crippen molar-refractivity contribution in [3.8, 4) is 0 Å². The van der Waals surface area contributed by atoms with Gasteiger partial charge in [-0.2, -0.15) is 5.10 Å². The zero-order valence-corrected chi connectivity index (χ0v) is 13.6. The molecule has 1 amide bonds. The van der Waals surface area contributed by atoms with Gasteiger partial charge >= 0.3 is 0 Å². The Morgan fingerprint density at radius 1 is 1.38 bits per heavy atom. The van der Waals surface area contributed by atoms with Crippen molar-refractivity contribution in [1.29, 1.82) is 0 Å². The summed E-state index contributed by atoms with van der Waals surface area (Å²) in [5.41, 5.74) is 3.03. The van der Waals surface area contributed by atoms with E-state index in [1.807, 2.05) is 23.7 Å². The lowest BCUT2D eigenvalue weighted by Gasteiger charge is -2.24. The van der Waals surface area contributed by atoms with Crippen LogP contribution in [0, 0.1) is 0 Å². The van der Waals surface area contributed by atoms with Gasteiger partial charge in [-0.05, 0) is 37.6 Å². The monoisotopic (exact) mass is 324 g/mol. The maximum atomic E-state index is 12.7. The molecule has 0 spiro atoms. The maximum Gasteiger partial charge on any atom is 0.272 e. The first-order chi connectivity index (χ1) is 11.7. The summed E-state index contributed by atoms with van der Waals surface area (Å²) in [5.74, 6) is -0.153. The standard InChI is InChI=1S/C17H20N6O/c1-22-14(12-5-2-3-8-18-12)6-7-15(22)17(24)21-13-11-20-23-10-4-9-19-16(13)23/h4,6-7,9-12,18H,2-3,5,8H2,1H3,(H,21,24). The van der Waals surface area contributed by atoms with Crippen LogP contribution >= 0.6 is 0 Å². The van der Waals surface area contributed by atoms with E-state index in [4.69, 9.17) is 0 Å². The predicted molar refractivity (Wildman–Crippen MR) is 90.9 cm³/mol. The normalized spacial score (nSPS) is 18.0. The van der Waals surface area contributed by atoms with Gasteiger partial charge in [0.25, 0.3) is 5.91 Å². The van der Waals surface area contributed by atoms with Crippen LogP contribution < -0.4 is 10.6 Å². The maximum absolute atomic E-state index is 12.7. The molecule has 1 saturated heterocycles. The zero-order chi connectivity index (χ0) is 16.5. The summed E-state index contributed by atoms with van der Waals surface area (Å²) >= 11 is 0. The lowest BCUT2D eigenvalue weighted by molar-refractivity contribution is 0.101. The van der Waals surface area contributed by atoms with Crippen molar-refractivity contribution >= 4 is 17.2 Å². The molecule has 0 bridgehead atoms. The second-order valence-electron chi connectivity index (χ2n) is 6.11. The van der Waals surface area contributed by atoms with Crippen molar-refractivity contribution in [2.45, 2.75) is 25.3 Å². The van der Waals surface area contributed by atoms with Gasteiger partial charge in [-0.25, -0.2) is 9.50 Å². The number of carbonyl (C=O) groups is 1. The van der Waals surface area contributed by atoms with Crippen LogP contribution in [0.2, 0.25) is 0 Å². The van der Waals surface area contributed by atoms with Crippen LogP contribution in [0.4, 0.5) is 5.69 Å². The molecule has 1 unspecified atom stereocenters. The van der Waals surface area contributed by atoms with Crippen molar-refractivity contribution in [3.63, 3.8) is 0 Å². The largest absolute Gasteiger partial charge is 0.342 e. The highest BCUT2D eigenvalue weighted by Crippen LogP contribution is 2.25. The summed E-state index contributed by atoms with van der Waals surface area (Å²) in [5, 5.41) is 10.6. The van der Waals surface area contributed by atoms with E-state index in [1.54, 1.807) is 29.2 Å². The molecular weight excluding hydrogens is 304 g/mol. The van der Waals surface area contributed by atoms with Gasteiger partial charge in [0.15, 0.2) is 5.65 Å². The van der Waals surface area contributed by atoms with Crippen LogP contribution in [0.5, 0.6) is 0 Å². The summed E-state index contributed by atoms with van der Waals surface area (Å²) in [6, 6.07) is 6.03. The topological polar surface area (TPSA) is 76.2 Å². The number of amides is 1. The Morgan fingerprint density at radius 3 is 3.12 bits per heavy atom. The van der Waals surface area contributed by atoms with E-state index in [1.165, 1.54) is 12.8 Å². The predicted octanol–water partition coefficient (Wildman–Crippen LogP) is 2.13. The van der Waals surface area contributed by atoms with E-state index in [-0.39, 0.29) is 5.91 Å². The lowest BCUT2D eigenvalue weighted by atomic mass is 10.0. The molecule has 1 atom stereocenters. The van der Waals surface area contributed by atoms with Gasteiger partial charge in [0.2, 0.25) is 0 Å². The van der Waals surface area contributed by atoms with Crippen LogP contribution in [0.1, 0.15) is 41.5 Å². The molecular formula is C17H20N6O. The number of nitrogens with one attached hydrogen (secondary N) is 2. The van der Waals surface area contributed by atoms with Gasteiger partial charge in [0, 0.05) is 31.2 Å². The van der Waals surface area contributed by atoms with Gasteiger partial charge < -0.3 is 15.2 Å². The molecule has 1 aliphatic heterocycles. The third kappa shape index (κ3) is 2.56. The number of aromatic nitrogens is 4. The highest BCUT2D eigenvalue weighted by Gasteiger charge is 2.21. The minimum absolute atomic E-state index is 0.153. The number of hydrogen-bond acceptors (Lipinski definition) is 4. The van der Waals surface area contributed by atoms with E-state index < -0.39 is 0 Å². The fourth-order valence-corrected chi connectivity index (χ4v) is 3.31. The van der Waals surface area contributed by atoms with E-state index in [0.717, 1.165) is 18.7 Å². The fraction of sp³-hybridized carbons (Fsp3) is 0.353. The first-order valence-corrected chi connectivity index (χ1v) is 8.23. The van der Waals surface area contributed by atoms with Crippen molar-refractivity contribution in [2.24, 2.45) is 7.05 Å². The third-order valence-corrected chi connectivity index (χ3v) is 4.59. The summed E-state index contributed by atoms with van der Waals surface area (Å²) in [6.45, 7) is 1.03. The van der Waals surface area contributed by atoms with Crippen LogP contribution in [-0.2, 0) is 7.05 Å². The van der Waals surface area contributed by atoms with Crippen molar-refractivity contribution in [1.82, 2.24) is 24.5 Å². The van der Waals surface area contributed by atoms with Crippen molar-refractivity contribution in [3.05, 3.63) is 48.2 Å². The Labute approximate surface area is 139 Å². The first-order valence-electron chi connectivity index (χ1n) is 8.23. The molecule has 0 saturated carbocycles. The van der Waals surface area contributed by atoms with Gasteiger partial charge in [-0.15, -0.1) is 0 Å². The summed E-state index contributed by atoms with van der Waals surface area (Å²) < 4.78 is 3.61. The van der Waals surface area contributed by atoms with E-state index in [0.29, 0.717) is 23.1 Å². The first kappa shape index (κ1) is 14.9. The minimum Gasteiger partial charge on any atom is -0.342 e. The number of fused-ring (bicyclic) bond motifs is 1. The van der Waals surface area contributed by atoms with Gasteiger partial charge in [-0.3, -0.25) is 4.79 Å². The van der Waals surface area contributed by atoms with Crippen LogP contribution in [0.3, 0.4) is 0 Å². The molecule has 7 nitrogen and oxygen atoms in total. The number of nitrogens with zero attached hydrogens (tertiary/aromatic N) is 4. The van der Waals surface area contributed by atoms with Gasteiger partial charge in [0.1, 0.15) is 11.4 Å². The Morgan fingerprint density at radius 2 is 2.29 bits per heavy atom. The smallest absolute Gasteiger partial charge is 0.272 e. The van der Waals surface area contributed by atoms with Crippen molar-refractivity contribution in [2.75, 3.05) is 11.9 Å². The Kier molecular flexibility index (Phi) is 3.78. The quantitative estimate of drug-likeness (QED) is 0.774. The summed E-state index contributed by atoms with van der Waals surface area (Å²) in [4.78, 5) is 16.9. The molecule has 1 aliphatic rings. The molecule has 7 heteroatoms. The summed E-state index contributed by atoms with van der Waals surface area (Å²) in [7, 11) is 1.94. The Bertz CT molecular complexity index is 874. The highest BCUT2D eigenvalue weighted by atomic mass is 16.2. The Balaban J connectivity index is 1.57. The van der Waals surface area contributed by atoms with Crippen LogP contribution in [0.25, 0.3) is 5.65 Å². The molecule has 24 heavy (non-hydrogen) atoms. The highest BCUT2D eigenvalue weighted by molar-refractivity contribution is 6.05. The van der Waals surface area contributed by atoms with E-state index >= 15 is 0 Å². The second-order valence-corrected chi connectivity index (χ2v) is 6.11. The molecule has 4 rings (SSSR count). The molecule has 3 aromatic rings. The number of rotatable bonds is 3. The number of anilines is 1. The average molecular weight is 324 g/mol. The van der Waals surface area contributed by atoms with Gasteiger partial charge in [-0.1, -0.05) is 6.42 Å².